The maximum Gasteiger partial charge on any atom is 0.341 e. The van der Waals surface area contributed by atoms with E-state index < -0.39 is 5.97 Å². The first-order valence-corrected chi connectivity index (χ1v) is 8.09. The van der Waals surface area contributed by atoms with Crippen LogP contribution in [0.2, 0.25) is 0 Å². The van der Waals surface area contributed by atoms with Gasteiger partial charge in [0.15, 0.2) is 0 Å². The summed E-state index contributed by atoms with van der Waals surface area (Å²) >= 11 is 1.36. The lowest BCUT2D eigenvalue weighted by molar-refractivity contribution is -0.111. The molecular weight excluding hydrogens is 326 g/mol. The van der Waals surface area contributed by atoms with Crippen LogP contribution in [0.3, 0.4) is 0 Å². The summed E-state index contributed by atoms with van der Waals surface area (Å²) in [4.78, 5) is 25.0. The predicted molar refractivity (Wildman–Crippen MR) is 95.8 cm³/mol. The van der Waals surface area contributed by atoms with E-state index in [2.05, 4.69) is 5.32 Å². The largest absolute Gasteiger partial charge is 0.497 e. The lowest BCUT2D eigenvalue weighted by Crippen LogP contribution is -2.11. The molecule has 1 aromatic carbocycles. The van der Waals surface area contributed by atoms with Gasteiger partial charge in [-0.2, -0.15) is 0 Å². The molecule has 0 bridgehead atoms. The standard InChI is InChI=1S/C18H19NO4S/c1-11-12(2)24-17(16(11)18(21)23-4)19-15(20)10-7-13-5-8-14(22-3)9-6-13/h5-10H,1-4H3,(H,19,20). The Morgan fingerprint density at radius 3 is 2.38 bits per heavy atom. The summed E-state index contributed by atoms with van der Waals surface area (Å²) in [5.41, 5.74) is 2.10. The molecule has 0 saturated carbocycles. The number of carbonyl (C=O) groups excluding carboxylic acids is 2. The van der Waals surface area contributed by atoms with Crippen LogP contribution in [0.15, 0.2) is 30.3 Å². The molecule has 0 unspecified atom stereocenters. The highest BCUT2D eigenvalue weighted by atomic mass is 32.1. The Balaban J connectivity index is 2.13. The van der Waals surface area contributed by atoms with E-state index in [0.717, 1.165) is 21.8 Å². The number of nitrogens with one attached hydrogen (secondary N) is 1. The number of methoxy groups -OCH3 is 2. The van der Waals surface area contributed by atoms with Crippen LogP contribution in [0, 0.1) is 13.8 Å². The number of hydrogen-bond donors (Lipinski definition) is 1. The molecule has 0 aliphatic carbocycles. The van der Waals surface area contributed by atoms with Crippen molar-refractivity contribution in [1.82, 2.24) is 0 Å². The van der Waals surface area contributed by atoms with Gasteiger partial charge in [-0.1, -0.05) is 12.1 Å². The summed E-state index contributed by atoms with van der Waals surface area (Å²) in [6.45, 7) is 3.73. The van der Waals surface area contributed by atoms with Gasteiger partial charge in [0, 0.05) is 11.0 Å². The second-order valence-corrected chi connectivity index (χ2v) is 6.30. The van der Waals surface area contributed by atoms with Gasteiger partial charge in [0.1, 0.15) is 10.8 Å². The SMILES string of the molecule is COC(=O)c1c(NC(=O)C=Cc2ccc(OC)cc2)sc(C)c1C. The van der Waals surface area contributed by atoms with E-state index in [-0.39, 0.29) is 5.91 Å². The molecule has 0 spiro atoms. The van der Waals surface area contributed by atoms with Crippen molar-refractivity contribution in [3.05, 3.63) is 51.9 Å². The zero-order valence-electron chi connectivity index (χ0n) is 14.0. The number of amides is 1. The summed E-state index contributed by atoms with van der Waals surface area (Å²) in [5.74, 6) is -0.00707. The van der Waals surface area contributed by atoms with Crippen LogP contribution in [0.4, 0.5) is 5.00 Å². The second-order valence-electron chi connectivity index (χ2n) is 5.07. The molecule has 0 atom stereocenters. The molecule has 1 aromatic heterocycles. The molecule has 0 saturated heterocycles. The van der Waals surface area contributed by atoms with Crippen molar-refractivity contribution in [1.29, 1.82) is 0 Å². The topological polar surface area (TPSA) is 64.6 Å². The molecule has 0 aliphatic heterocycles. The third-order valence-corrected chi connectivity index (χ3v) is 4.68. The maximum atomic E-state index is 12.1. The van der Waals surface area contributed by atoms with Crippen molar-refractivity contribution >= 4 is 34.3 Å². The molecule has 24 heavy (non-hydrogen) atoms. The quantitative estimate of drug-likeness (QED) is 0.661. The highest BCUT2D eigenvalue weighted by molar-refractivity contribution is 7.16. The number of thiophene rings is 1. The zero-order valence-corrected chi connectivity index (χ0v) is 14.8. The third kappa shape index (κ3) is 4.02. The highest BCUT2D eigenvalue weighted by Gasteiger charge is 2.20. The van der Waals surface area contributed by atoms with E-state index in [1.54, 1.807) is 13.2 Å². The van der Waals surface area contributed by atoms with Crippen molar-refractivity contribution in [3.8, 4) is 5.75 Å². The minimum atomic E-state index is -0.453. The molecule has 1 N–H and O–H groups in total. The van der Waals surface area contributed by atoms with Gasteiger partial charge in [-0.25, -0.2) is 4.79 Å². The van der Waals surface area contributed by atoms with E-state index in [4.69, 9.17) is 9.47 Å². The average molecular weight is 345 g/mol. The highest BCUT2D eigenvalue weighted by Crippen LogP contribution is 2.32. The fraction of sp³-hybridized carbons (Fsp3) is 0.222. The maximum absolute atomic E-state index is 12.1. The molecule has 2 rings (SSSR count). The van der Waals surface area contributed by atoms with Gasteiger partial charge in [0.05, 0.1) is 19.8 Å². The molecular formula is C18H19NO4S. The number of hydrogen-bond acceptors (Lipinski definition) is 5. The first kappa shape index (κ1) is 17.7. The van der Waals surface area contributed by atoms with Crippen LogP contribution in [-0.2, 0) is 9.53 Å². The Morgan fingerprint density at radius 1 is 1.12 bits per heavy atom. The number of benzene rings is 1. The van der Waals surface area contributed by atoms with Crippen LogP contribution in [0.1, 0.15) is 26.4 Å². The molecule has 0 aliphatic rings. The lowest BCUT2D eigenvalue weighted by Gasteiger charge is -2.04. The monoisotopic (exact) mass is 345 g/mol. The minimum absolute atomic E-state index is 0.308. The molecule has 5 nitrogen and oxygen atoms in total. The number of anilines is 1. The summed E-state index contributed by atoms with van der Waals surface area (Å²) in [7, 11) is 2.92. The van der Waals surface area contributed by atoms with Gasteiger partial charge in [-0.05, 0) is 43.2 Å². The normalized spacial score (nSPS) is 10.7. The van der Waals surface area contributed by atoms with Crippen molar-refractivity contribution in [2.24, 2.45) is 0 Å². The van der Waals surface area contributed by atoms with Crippen LogP contribution < -0.4 is 10.1 Å². The van der Waals surface area contributed by atoms with Gasteiger partial charge in [0.25, 0.3) is 0 Å². The van der Waals surface area contributed by atoms with Crippen LogP contribution in [0.5, 0.6) is 5.75 Å². The number of carbonyl (C=O) groups is 2. The van der Waals surface area contributed by atoms with Gasteiger partial charge in [-0.3, -0.25) is 4.79 Å². The first-order chi connectivity index (χ1) is 11.5. The van der Waals surface area contributed by atoms with Crippen LogP contribution in [-0.4, -0.2) is 26.1 Å². The fourth-order valence-corrected chi connectivity index (χ4v) is 3.15. The first-order valence-electron chi connectivity index (χ1n) is 7.27. The molecule has 0 radical (unpaired) electrons. The minimum Gasteiger partial charge on any atom is -0.497 e. The summed E-state index contributed by atoms with van der Waals surface area (Å²) < 4.78 is 9.88. The fourth-order valence-electron chi connectivity index (χ4n) is 2.10. The van der Waals surface area contributed by atoms with Crippen LogP contribution >= 0.6 is 11.3 Å². The van der Waals surface area contributed by atoms with E-state index >= 15 is 0 Å². The molecule has 2 aromatic rings. The Kier molecular flexibility index (Phi) is 5.76. The van der Waals surface area contributed by atoms with Crippen LogP contribution in [0.25, 0.3) is 6.08 Å². The Bertz CT molecular complexity index is 775. The van der Waals surface area contributed by atoms with Gasteiger partial charge >= 0.3 is 5.97 Å². The van der Waals surface area contributed by atoms with Gasteiger partial charge < -0.3 is 14.8 Å². The molecule has 6 heteroatoms. The predicted octanol–water partition coefficient (Wildman–Crippen LogP) is 3.81. The van der Waals surface area contributed by atoms with E-state index in [1.165, 1.54) is 24.5 Å². The third-order valence-electron chi connectivity index (χ3n) is 3.55. The van der Waals surface area contributed by atoms with E-state index in [1.807, 2.05) is 38.1 Å². The molecule has 1 amide bonds. The molecule has 1 heterocycles. The second kappa shape index (κ2) is 7.79. The van der Waals surface area contributed by atoms with Crippen molar-refractivity contribution in [2.75, 3.05) is 19.5 Å². The smallest absolute Gasteiger partial charge is 0.341 e. The lowest BCUT2D eigenvalue weighted by atomic mass is 10.1. The summed E-state index contributed by atoms with van der Waals surface area (Å²) in [6, 6.07) is 7.34. The van der Waals surface area contributed by atoms with Gasteiger partial charge in [-0.15, -0.1) is 11.3 Å². The van der Waals surface area contributed by atoms with E-state index in [0.29, 0.717) is 10.6 Å². The number of rotatable bonds is 5. The van der Waals surface area contributed by atoms with Crippen molar-refractivity contribution in [3.63, 3.8) is 0 Å². The molecule has 0 fully saturated rings. The van der Waals surface area contributed by atoms with Gasteiger partial charge in [0.2, 0.25) is 5.91 Å². The zero-order chi connectivity index (χ0) is 17.7. The van der Waals surface area contributed by atoms with Crippen molar-refractivity contribution in [2.45, 2.75) is 13.8 Å². The van der Waals surface area contributed by atoms with Crippen molar-refractivity contribution < 1.29 is 19.1 Å². The Hall–Kier alpha value is -2.60. The number of esters is 1. The summed E-state index contributed by atoms with van der Waals surface area (Å²) in [6.07, 6.45) is 3.12. The summed E-state index contributed by atoms with van der Waals surface area (Å²) in [5, 5.41) is 3.25. The Labute approximate surface area is 144 Å². The van der Waals surface area contributed by atoms with E-state index in [9.17, 15) is 9.59 Å². The Morgan fingerprint density at radius 2 is 1.79 bits per heavy atom. The number of aryl methyl sites for hydroxylation is 1. The average Bonchev–Trinajstić information content (AvgIpc) is 2.86. The number of ether oxygens (including phenoxy) is 2. The molecule has 126 valence electrons.